The normalized spacial score (nSPS) is 11.8. The van der Waals surface area contributed by atoms with Gasteiger partial charge >= 0.3 is 0 Å². The molecule has 0 heterocycles. The van der Waals surface area contributed by atoms with E-state index in [2.05, 4.69) is 19.2 Å². The molecule has 1 aromatic carbocycles. The van der Waals surface area contributed by atoms with Crippen molar-refractivity contribution in [2.24, 2.45) is 5.41 Å². The summed E-state index contributed by atoms with van der Waals surface area (Å²) in [5.74, 6) is 0.225. The maximum absolute atomic E-state index is 9.70. The number of phenols is 1. The highest BCUT2D eigenvalue weighted by atomic mass is 35.5. The molecular formula is C14H22ClNO2. The number of phenolic OH excluding ortho intramolecular Hbond substituents is 1. The highest BCUT2D eigenvalue weighted by Crippen LogP contribution is 2.26. The Balaban J connectivity index is 2.46. The monoisotopic (exact) mass is 271 g/mol. The van der Waals surface area contributed by atoms with E-state index >= 15 is 0 Å². The van der Waals surface area contributed by atoms with Gasteiger partial charge in [-0.2, -0.15) is 0 Å². The predicted molar refractivity (Wildman–Crippen MR) is 74.9 cm³/mol. The molecule has 0 aliphatic rings. The second-order valence-electron chi connectivity index (χ2n) is 5.33. The van der Waals surface area contributed by atoms with Crippen molar-refractivity contribution in [3.63, 3.8) is 0 Å². The van der Waals surface area contributed by atoms with Gasteiger partial charge in [-0.1, -0.05) is 31.5 Å². The Morgan fingerprint density at radius 1 is 1.33 bits per heavy atom. The molecule has 0 unspecified atom stereocenters. The number of aromatic hydroxyl groups is 1. The molecule has 4 heteroatoms. The fourth-order valence-electron chi connectivity index (χ4n) is 1.89. The van der Waals surface area contributed by atoms with Crippen LogP contribution >= 0.6 is 11.6 Å². The summed E-state index contributed by atoms with van der Waals surface area (Å²) in [6.45, 7) is 5.91. The van der Waals surface area contributed by atoms with Crippen LogP contribution in [0.15, 0.2) is 18.2 Å². The van der Waals surface area contributed by atoms with Crippen LogP contribution in [-0.2, 0) is 6.54 Å². The maximum atomic E-state index is 9.70. The summed E-state index contributed by atoms with van der Waals surface area (Å²) in [6, 6.07) is 5.14. The molecule has 3 nitrogen and oxygen atoms in total. The van der Waals surface area contributed by atoms with Crippen LogP contribution in [-0.4, -0.2) is 23.4 Å². The topological polar surface area (TPSA) is 52.5 Å². The number of benzene rings is 1. The van der Waals surface area contributed by atoms with E-state index in [1.54, 1.807) is 18.2 Å². The van der Waals surface area contributed by atoms with Gasteiger partial charge in [0.25, 0.3) is 0 Å². The van der Waals surface area contributed by atoms with Crippen LogP contribution in [0.1, 0.15) is 32.3 Å². The minimum atomic E-state index is 0.125. The third-order valence-corrected chi connectivity index (χ3v) is 3.37. The fraction of sp³-hybridized carbons (Fsp3) is 0.571. The molecule has 0 radical (unpaired) electrons. The molecule has 0 aromatic heterocycles. The molecule has 0 saturated heterocycles. The second-order valence-corrected chi connectivity index (χ2v) is 5.74. The van der Waals surface area contributed by atoms with Crippen LogP contribution in [0.3, 0.4) is 0 Å². The Bertz CT molecular complexity index is 360. The number of halogens is 1. The van der Waals surface area contributed by atoms with Gasteiger partial charge in [-0.3, -0.25) is 0 Å². The van der Waals surface area contributed by atoms with E-state index in [1.807, 2.05) is 0 Å². The van der Waals surface area contributed by atoms with Crippen molar-refractivity contribution < 1.29 is 10.2 Å². The summed E-state index contributed by atoms with van der Waals surface area (Å²) in [5.41, 5.74) is 0.858. The van der Waals surface area contributed by atoms with Crippen molar-refractivity contribution in [2.45, 2.75) is 33.2 Å². The van der Waals surface area contributed by atoms with E-state index in [1.165, 1.54) is 0 Å². The molecule has 0 aliphatic heterocycles. The SMILES string of the molecule is CC(C)(CCCO)CNCc1c(O)cccc1Cl. The first-order valence-corrected chi connectivity index (χ1v) is 6.62. The third-order valence-electron chi connectivity index (χ3n) is 3.01. The molecule has 18 heavy (non-hydrogen) atoms. The van der Waals surface area contributed by atoms with Crippen molar-refractivity contribution in [3.8, 4) is 5.75 Å². The molecule has 102 valence electrons. The zero-order valence-corrected chi connectivity index (χ0v) is 11.8. The number of aliphatic hydroxyl groups excluding tert-OH is 1. The average molecular weight is 272 g/mol. The number of hydrogen-bond acceptors (Lipinski definition) is 3. The van der Waals surface area contributed by atoms with Gasteiger partial charge in [-0.25, -0.2) is 0 Å². The Hall–Kier alpha value is -0.770. The molecule has 1 aromatic rings. The summed E-state index contributed by atoms with van der Waals surface area (Å²) in [5, 5.41) is 22.4. The van der Waals surface area contributed by atoms with Crippen LogP contribution in [0, 0.1) is 5.41 Å². The van der Waals surface area contributed by atoms with Gasteiger partial charge in [0.2, 0.25) is 0 Å². The maximum Gasteiger partial charge on any atom is 0.121 e. The van der Waals surface area contributed by atoms with Crippen LogP contribution < -0.4 is 5.32 Å². The first-order chi connectivity index (χ1) is 8.46. The number of rotatable bonds is 7. The molecule has 0 amide bonds. The van der Waals surface area contributed by atoms with E-state index < -0.39 is 0 Å². The Morgan fingerprint density at radius 3 is 2.67 bits per heavy atom. The first kappa shape index (κ1) is 15.3. The Morgan fingerprint density at radius 2 is 2.06 bits per heavy atom. The lowest BCUT2D eigenvalue weighted by molar-refractivity contribution is 0.236. The lowest BCUT2D eigenvalue weighted by Crippen LogP contribution is -2.29. The molecule has 0 atom stereocenters. The second kappa shape index (κ2) is 6.98. The highest BCUT2D eigenvalue weighted by Gasteiger charge is 2.17. The molecule has 0 bridgehead atoms. The van der Waals surface area contributed by atoms with Crippen molar-refractivity contribution in [3.05, 3.63) is 28.8 Å². The zero-order valence-electron chi connectivity index (χ0n) is 11.0. The van der Waals surface area contributed by atoms with E-state index in [4.69, 9.17) is 16.7 Å². The zero-order chi connectivity index (χ0) is 13.6. The van der Waals surface area contributed by atoms with Crippen LogP contribution in [0.25, 0.3) is 0 Å². The summed E-state index contributed by atoms with van der Waals surface area (Å²) in [4.78, 5) is 0. The quantitative estimate of drug-likeness (QED) is 0.715. The largest absolute Gasteiger partial charge is 0.508 e. The molecule has 0 fully saturated rings. The van der Waals surface area contributed by atoms with E-state index in [9.17, 15) is 5.11 Å². The van der Waals surface area contributed by atoms with Gasteiger partial charge in [0, 0.05) is 30.3 Å². The summed E-state index contributed by atoms with van der Waals surface area (Å²) >= 11 is 6.03. The lowest BCUT2D eigenvalue weighted by Gasteiger charge is -2.25. The predicted octanol–water partition coefficient (Wildman–Crippen LogP) is 2.93. The van der Waals surface area contributed by atoms with Crippen molar-refractivity contribution in [1.29, 1.82) is 0 Å². The molecule has 1 rings (SSSR count). The van der Waals surface area contributed by atoms with E-state index in [0.717, 1.165) is 24.9 Å². The lowest BCUT2D eigenvalue weighted by atomic mass is 9.88. The molecule has 3 N–H and O–H groups in total. The number of aliphatic hydroxyl groups is 1. The van der Waals surface area contributed by atoms with Crippen LogP contribution in [0.2, 0.25) is 5.02 Å². The van der Waals surface area contributed by atoms with Crippen LogP contribution in [0.4, 0.5) is 0 Å². The Kier molecular flexibility index (Phi) is 5.93. The first-order valence-electron chi connectivity index (χ1n) is 6.24. The fourth-order valence-corrected chi connectivity index (χ4v) is 2.13. The standard InChI is InChI=1S/C14H22ClNO2/c1-14(2,7-4-8-17)10-16-9-11-12(15)5-3-6-13(11)18/h3,5-6,16-18H,4,7-10H2,1-2H3. The number of hydrogen-bond donors (Lipinski definition) is 3. The molecular weight excluding hydrogens is 250 g/mol. The Labute approximate surface area is 114 Å². The minimum Gasteiger partial charge on any atom is -0.508 e. The summed E-state index contributed by atoms with van der Waals surface area (Å²) < 4.78 is 0. The van der Waals surface area contributed by atoms with Crippen molar-refractivity contribution in [2.75, 3.05) is 13.2 Å². The van der Waals surface area contributed by atoms with Gasteiger partial charge in [0.1, 0.15) is 5.75 Å². The highest BCUT2D eigenvalue weighted by molar-refractivity contribution is 6.31. The third kappa shape index (κ3) is 4.84. The molecule has 0 aliphatic carbocycles. The summed E-state index contributed by atoms with van der Waals surface area (Å²) in [7, 11) is 0. The van der Waals surface area contributed by atoms with Crippen molar-refractivity contribution >= 4 is 11.6 Å². The summed E-state index contributed by atoms with van der Waals surface area (Å²) in [6.07, 6.45) is 1.77. The average Bonchev–Trinajstić information content (AvgIpc) is 2.30. The minimum absolute atomic E-state index is 0.125. The van der Waals surface area contributed by atoms with E-state index in [-0.39, 0.29) is 17.8 Å². The molecule has 0 spiro atoms. The van der Waals surface area contributed by atoms with Gasteiger partial charge in [-0.05, 0) is 30.4 Å². The number of nitrogens with one attached hydrogen (secondary N) is 1. The van der Waals surface area contributed by atoms with E-state index in [0.29, 0.717) is 11.6 Å². The smallest absolute Gasteiger partial charge is 0.121 e. The van der Waals surface area contributed by atoms with Crippen molar-refractivity contribution in [1.82, 2.24) is 5.32 Å². The van der Waals surface area contributed by atoms with Gasteiger partial charge in [0.15, 0.2) is 0 Å². The van der Waals surface area contributed by atoms with Gasteiger partial charge in [0.05, 0.1) is 0 Å². The van der Waals surface area contributed by atoms with Gasteiger partial charge in [-0.15, -0.1) is 0 Å². The molecule has 0 saturated carbocycles. The van der Waals surface area contributed by atoms with Gasteiger partial charge < -0.3 is 15.5 Å². The van der Waals surface area contributed by atoms with Crippen LogP contribution in [0.5, 0.6) is 5.75 Å².